The normalized spacial score (nSPS) is 22.3. The van der Waals surface area contributed by atoms with E-state index in [1.54, 1.807) is 30.4 Å². The summed E-state index contributed by atoms with van der Waals surface area (Å²) >= 11 is 0. The molecule has 0 N–H and O–H groups in total. The van der Waals surface area contributed by atoms with E-state index >= 15 is 0 Å². The Morgan fingerprint density at radius 1 is 0.800 bits per heavy atom. The monoisotopic (exact) mass is 410 g/mol. The van der Waals surface area contributed by atoms with E-state index in [1.807, 2.05) is 27.7 Å². The molecule has 0 aliphatic heterocycles. The lowest BCUT2D eigenvalue weighted by Gasteiger charge is -2.38. The fourth-order valence-electron chi connectivity index (χ4n) is 3.57. The van der Waals surface area contributed by atoms with Gasteiger partial charge < -0.3 is 0 Å². The van der Waals surface area contributed by atoms with Crippen molar-refractivity contribution in [2.75, 3.05) is 0 Å². The lowest BCUT2D eigenvalue weighted by atomic mass is 9.59. The number of hydrogen-bond acceptors (Lipinski definition) is 4. The van der Waals surface area contributed by atoms with Gasteiger partial charge in [0.2, 0.25) is 0 Å². The highest BCUT2D eigenvalue weighted by Crippen LogP contribution is 2.45. The molecule has 1 aliphatic rings. The number of rotatable bonds is 12. The van der Waals surface area contributed by atoms with Crippen molar-refractivity contribution in [1.29, 1.82) is 0 Å². The zero-order valence-electron chi connectivity index (χ0n) is 18.6. The van der Waals surface area contributed by atoms with Gasteiger partial charge in [0.1, 0.15) is 5.41 Å². The minimum Gasteiger partial charge on any atom is -0.294 e. The molecular weight excluding hydrogens is 376 g/mol. The molecule has 162 valence electrons. The summed E-state index contributed by atoms with van der Waals surface area (Å²) in [7, 11) is 0. The number of carbonyl (C=O) groups excluding carboxylic acids is 4. The zero-order chi connectivity index (χ0) is 22.6. The Morgan fingerprint density at radius 3 is 1.77 bits per heavy atom. The van der Waals surface area contributed by atoms with Crippen LogP contribution < -0.4 is 0 Å². The van der Waals surface area contributed by atoms with Crippen molar-refractivity contribution < 1.29 is 19.2 Å². The second-order valence-corrected chi connectivity index (χ2v) is 7.40. The smallest absolute Gasteiger partial charge is 0.181 e. The summed E-state index contributed by atoms with van der Waals surface area (Å²) in [6.07, 6.45) is 17.1. The molecule has 0 radical (unpaired) electrons. The Morgan fingerprint density at radius 2 is 1.27 bits per heavy atom. The summed E-state index contributed by atoms with van der Waals surface area (Å²) < 4.78 is 0. The van der Waals surface area contributed by atoms with Gasteiger partial charge in [0.25, 0.3) is 0 Å². The van der Waals surface area contributed by atoms with Gasteiger partial charge in [0, 0.05) is 5.92 Å². The third-order valence-electron chi connectivity index (χ3n) is 5.24. The molecule has 0 aromatic carbocycles. The van der Waals surface area contributed by atoms with E-state index in [-0.39, 0.29) is 24.4 Å². The van der Waals surface area contributed by atoms with Gasteiger partial charge in [-0.05, 0) is 68.4 Å². The minimum absolute atomic E-state index is 0.0595. The first-order chi connectivity index (χ1) is 14.4. The van der Waals surface area contributed by atoms with E-state index in [0.717, 1.165) is 0 Å². The molecule has 0 saturated carbocycles. The minimum atomic E-state index is -1.59. The molecule has 0 aromatic heterocycles. The van der Waals surface area contributed by atoms with Crippen LogP contribution in [0.5, 0.6) is 0 Å². The highest BCUT2D eigenvalue weighted by atomic mass is 16.2. The summed E-state index contributed by atoms with van der Waals surface area (Å²) in [4.78, 5) is 52.4. The van der Waals surface area contributed by atoms with Crippen LogP contribution in [0.1, 0.15) is 66.2 Å². The average Bonchev–Trinajstić information content (AvgIpc) is 2.76. The molecule has 0 spiro atoms. The lowest BCUT2D eigenvalue weighted by molar-refractivity contribution is -0.144. The maximum absolute atomic E-state index is 13.4. The van der Waals surface area contributed by atoms with Crippen LogP contribution in [-0.2, 0) is 19.2 Å². The highest BCUT2D eigenvalue weighted by molar-refractivity contribution is 6.20. The number of carbonyl (C=O) groups is 4. The van der Waals surface area contributed by atoms with Gasteiger partial charge in [-0.15, -0.1) is 0 Å². The first-order valence-electron chi connectivity index (χ1n) is 10.9. The summed E-state index contributed by atoms with van der Waals surface area (Å²) in [6.45, 7) is 7.63. The van der Waals surface area contributed by atoms with Crippen molar-refractivity contribution in [2.24, 2.45) is 11.3 Å². The molecule has 1 unspecified atom stereocenters. The van der Waals surface area contributed by atoms with E-state index in [4.69, 9.17) is 0 Å². The average molecular weight is 411 g/mol. The first kappa shape index (κ1) is 25.4. The maximum atomic E-state index is 13.4. The Bertz CT molecular complexity index is 764. The third kappa shape index (κ3) is 6.19. The maximum Gasteiger partial charge on any atom is 0.181 e. The van der Waals surface area contributed by atoms with Crippen molar-refractivity contribution in [2.45, 2.75) is 66.2 Å². The van der Waals surface area contributed by atoms with Crippen molar-refractivity contribution >= 4 is 23.1 Å². The van der Waals surface area contributed by atoms with Crippen LogP contribution in [0, 0.1) is 11.3 Å². The summed E-state index contributed by atoms with van der Waals surface area (Å²) in [5.74, 6) is -2.10. The molecule has 0 saturated heterocycles. The second-order valence-electron chi connectivity index (χ2n) is 7.40. The zero-order valence-corrected chi connectivity index (χ0v) is 18.6. The fourth-order valence-corrected chi connectivity index (χ4v) is 3.57. The number of hydrogen-bond donors (Lipinski definition) is 0. The molecule has 0 bridgehead atoms. The first-order valence-corrected chi connectivity index (χ1v) is 10.9. The number of allylic oxidation sites excluding steroid dienone is 10. The predicted molar refractivity (Wildman–Crippen MR) is 121 cm³/mol. The van der Waals surface area contributed by atoms with Crippen molar-refractivity contribution in [3.8, 4) is 0 Å². The van der Waals surface area contributed by atoms with Crippen LogP contribution >= 0.6 is 0 Å². The molecule has 0 amide bonds. The largest absolute Gasteiger partial charge is 0.294 e. The molecule has 0 heterocycles. The van der Waals surface area contributed by atoms with Gasteiger partial charge in [0.15, 0.2) is 23.1 Å². The van der Waals surface area contributed by atoms with Gasteiger partial charge in [-0.2, -0.15) is 0 Å². The van der Waals surface area contributed by atoms with Gasteiger partial charge in [-0.25, -0.2) is 0 Å². The van der Waals surface area contributed by atoms with Crippen molar-refractivity contribution in [3.05, 3.63) is 60.3 Å². The summed E-state index contributed by atoms with van der Waals surface area (Å²) in [6, 6.07) is 0. The quantitative estimate of drug-likeness (QED) is 0.317. The molecule has 4 heteroatoms. The Kier molecular flexibility index (Phi) is 10.9. The SMILES string of the molecule is CCC=CC(=O)C1=CCC(C(=O)C=CCC)C(C(=O)C=CCC)(C(=O)C=CCC)C1. The van der Waals surface area contributed by atoms with E-state index in [1.165, 1.54) is 24.3 Å². The van der Waals surface area contributed by atoms with Crippen LogP contribution in [0.25, 0.3) is 0 Å². The third-order valence-corrected chi connectivity index (χ3v) is 5.24. The highest BCUT2D eigenvalue weighted by Gasteiger charge is 2.53. The van der Waals surface area contributed by atoms with Crippen LogP contribution in [0.15, 0.2) is 60.3 Å². The topological polar surface area (TPSA) is 68.3 Å². The fraction of sp³-hybridized carbons (Fsp3) is 0.462. The molecular formula is C26H34O4. The van der Waals surface area contributed by atoms with Gasteiger partial charge >= 0.3 is 0 Å². The van der Waals surface area contributed by atoms with Gasteiger partial charge in [0.05, 0.1) is 0 Å². The van der Waals surface area contributed by atoms with Gasteiger partial charge in [-0.1, -0.05) is 58.1 Å². The van der Waals surface area contributed by atoms with Crippen LogP contribution in [0.3, 0.4) is 0 Å². The molecule has 4 nitrogen and oxygen atoms in total. The molecule has 30 heavy (non-hydrogen) atoms. The predicted octanol–water partition coefficient (Wildman–Crippen LogP) is 5.45. The Hall–Kier alpha value is -2.62. The molecule has 1 atom stereocenters. The lowest BCUT2D eigenvalue weighted by Crippen LogP contribution is -2.49. The van der Waals surface area contributed by atoms with Crippen LogP contribution in [-0.4, -0.2) is 23.1 Å². The van der Waals surface area contributed by atoms with E-state index < -0.39 is 22.9 Å². The standard InChI is InChI=1S/C26H34O4/c1-5-9-13-22(27)20-17-18-21(23(28)14-10-6-2)26(19-20,24(29)15-11-7-3)25(30)16-12-8-4/h9-17,21H,5-8,18-19H2,1-4H3. The number of ketones is 4. The summed E-state index contributed by atoms with van der Waals surface area (Å²) in [5, 5.41) is 0. The molecule has 1 aliphatic carbocycles. The molecule has 0 aromatic rings. The van der Waals surface area contributed by atoms with Crippen LogP contribution in [0.4, 0.5) is 0 Å². The van der Waals surface area contributed by atoms with Gasteiger partial charge in [-0.3, -0.25) is 19.2 Å². The molecule has 0 fully saturated rings. The molecule has 1 rings (SSSR count). The van der Waals surface area contributed by atoms with E-state index in [0.29, 0.717) is 31.3 Å². The van der Waals surface area contributed by atoms with E-state index in [2.05, 4.69) is 0 Å². The summed E-state index contributed by atoms with van der Waals surface area (Å²) in [5.41, 5.74) is -1.17. The van der Waals surface area contributed by atoms with Crippen molar-refractivity contribution in [1.82, 2.24) is 0 Å². The second kappa shape index (κ2) is 12.8. The van der Waals surface area contributed by atoms with Crippen LogP contribution in [0.2, 0.25) is 0 Å². The Balaban J connectivity index is 3.62. The van der Waals surface area contributed by atoms with E-state index in [9.17, 15) is 19.2 Å². The Labute approximate surface area is 180 Å². The van der Waals surface area contributed by atoms with Crippen molar-refractivity contribution in [3.63, 3.8) is 0 Å².